The molecule has 106 valence electrons. The van der Waals surface area contributed by atoms with Crippen molar-refractivity contribution in [1.29, 1.82) is 0 Å². The smallest absolute Gasteiger partial charge is 0.226 e. The Morgan fingerprint density at radius 2 is 1.89 bits per heavy atom. The van der Waals surface area contributed by atoms with E-state index in [0.29, 0.717) is 6.54 Å². The van der Waals surface area contributed by atoms with Gasteiger partial charge in [-0.3, -0.25) is 4.79 Å². The third-order valence-corrected chi connectivity index (χ3v) is 4.35. The molecule has 2 nitrogen and oxygen atoms in total. The first kappa shape index (κ1) is 15.8. The number of hydrogen-bond donors (Lipinski definition) is 1. The molecule has 0 aromatic carbocycles. The van der Waals surface area contributed by atoms with Gasteiger partial charge in [0.25, 0.3) is 0 Å². The van der Waals surface area contributed by atoms with Crippen molar-refractivity contribution in [3.63, 3.8) is 0 Å². The van der Waals surface area contributed by atoms with Gasteiger partial charge in [0, 0.05) is 12.0 Å². The van der Waals surface area contributed by atoms with Crippen LogP contribution < -0.4 is 5.32 Å². The zero-order valence-electron chi connectivity index (χ0n) is 12.3. The van der Waals surface area contributed by atoms with Gasteiger partial charge in [-0.25, -0.2) is 0 Å². The standard InChI is InChI=1S/C15H28ClNO/c1-5-15(8-6-7-9-15)13(18)17-11-12(16)10-14(2,3)4/h12H,5-11H2,1-4H3,(H,17,18). The highest BCUT2D eigenvalue weighted by Gasteiger charge is 2.39. The number of alkyl halides is 1. The van der Waals surface area contributed by atoms with Gasteiger partial charge in [0.2, 0.25) is 5.91 Å². The lowest BCUT2D eigenvalue weighted by molar-refractivity contribution is -0.131. The Morgan fingerprint density at radius 3 is 2.33 bits per heavy atom. The SMILES string of the molecule is CCC1(C(=O)NCC(Cl)CC(C)(C)C)CCCC1. The predicted octanol–water partition coefficient (Wildman–Crippen LogP) is 4.12. The fraction of sp³-hybridized carbons (Fsp3) is 0.933. The Labute approximate surface area is 117 Å². The van der Waals surface area contributed by atoms with E-state index in [-0.39, 0.29) is 22.1 Å². The van der Waals surface area contributed by atoms with E-state index in [2.05, 4.69) is 33.0 Å². The van der Waals surface area contributed by atoms with Crippen LogP contribution in [0.5, 0.6) is 0 Å². The molecule has 0 radical (unpaired) electrons. The summed E-state index contributed by atoms with van der Waals surface area (Å²) in [5.41, 5.74) is 0.116. The summed E-state index contributed by atoms with van der Waals surface area (Å²) >= 11 is 6.29. The van der Waals surface area contributed by atoms with Crippen molar-refractivity contribution in [2.45, 2.75) is 71.6 Å². The average molecular weight is 274 g/mol. The Hall–Kier alpha value is -0.240. The zero-order chi connectivity index (χ0) is 13.8. The van der Waals surface area contributed by atoms with E-state index in [1.807, 2.05) is 0 Å². The van der Waals surface area contributed by atoms with Gasteiger partial charge in [-0.05, 0) is 31.1 Å². The Kier molecular flexibility index (Phi) is 5.51. The topological polar surface area (TPSA) is 29.1 Å². The normalized spacial score (nSPS) is 20.7. The second-order valence-corrected chi connectivity index (χ2v) is 7.53. The van der Waals surface area contributed by atoms with E-state index in [0.717, 1.165) is 25.7 Å². The molecule has 18 heavy (non-hydrogen) atoms. The van der Waals surface area contributed by atoms with Gasteiger partial charge >= 0.3 is 0 Å². The molecule has 0 heterocycles. The number of hydrogen-bond acceptors (Lipinski definition) is 1. The molecule has 1 fully saturated rings. The number of carbonyl (C=O) groups is 1. The molecule has 1 rings (SSSR count). The van der Waals surface area contributed by atoms with Crippen LogP contribution in [0.1, 0.15) is 66.2 Å². The molecule has 3 heteroatoms. The maximum Gasteiger partial charge on any atom is 0.226 e. The average Bonchev–Trinajstić information content (AvgIpc) is 2.73. The van der Waals surface area contributed by atoms with Crippen molar-refractivity contribution in [2.75, 3.05) is 6.54 Å². The minimum atomic E-state index is -0.0989. The molecule has 0 aromatic heterocycles. The molecule has 0 aliphatic heterocycles. The molecule has 0 bridgehead atoms. The largest absolute Gasteiger partial charge is 0.354 e. The second kappa shape index (κ2) is 6.27. The van der Waals surface area contributed by atoms with E-state index in [4.69, 9.17) is 11.6 Å². The van der Waals surface area contributed by atoms with Crippen LogP contribution in [0.4, 0.5) is 0 Å². The number of rotatable bonds is 5. The summed E-state index contributed by atoms with van der Waals surface area (Å²) in [6.45, 7) is 9.25. The van der Waals surface area contributed by atoms with Crippen LogP contribution >= 0.6 is 11.6 Å². The van der Waals surface area contributed by atoms with E-state index >= 15 is 0 Å². The first-order valence-electron chi connectivity index (χ1n) is 7.21. The fourth-order valence-corrected chi connectivity index (χ4v) is 3.46. The first-order valence-corrected chi connectivity index (χ1v) is 7.65. The van der Waals surface area contributed by atoms with Gasteiger partial charge in [0.1, 0.15) is 0 Å². The summed E-state index contributed by atoms with van der Waals surface area (Å²) in [5.74, 6) is 0.224. The number of nitrogens with one attached hydrogen (secondary N) is 1. The lowest BCUT2D eigenvalue weighted by Gasteiger charge is -2.28. The van der Waals surface area contributed by atoms with E-state index in [1.54, 1.807) is 0 Å². The molecule has 1 amide bonds. The quantitative estimate of drug-likeness (QED) is 0.750. The van der Waals surface area contributed by atoms with Crippen molar-refractivity contribution < 1.29 is 4.79 Å². The van der Waals surface area contributed by atoms with Crippen molar-refractivity contribution in [3.05, 3.63) is 0 Å². The molecule has 1 atom stereocenters. The van der Waals surface area contributed by atoms with Crippen molar-refractivity contribution in [2.24, 2.45) is 10.8 Å². The van der Waals surface area contributed by atoms with Crippen LogP contribution in [0.2, 0.25) is 0 Å². The Morgan fingerprint density at radius 1 is 1.33 bits per heavy atom. The van der Waals surface area contributed by atoms with Crippen molar-refractivity contribution >= 4 is 17.5 Å². The second-order valence-electron chi connectivity index (χ2n) is 6.91. The summed E-state index contributed by atoms with van der Waals surface area (Å²) < 4.78 is 0. The van der Waals surface area contributed by atoms with Crippen LogP contribution in [0, 0.1) is 10.8 Å². The minimum absolute atomic E-state index is 0.0317. The molecule has 1 unspecified atom stereocenters. The van der Waals surface area contributed by atoms with Crippen molar-refractivity contribution in [1.82, 2.24) is 5.32 Å². The lowest BCUT2D eigenvalue weighted by atomic mass is 9.82. The third kappa shape index (κ3) is 4.46. The van der Waals surface area contributed by atoms with Crippen LogP contribution in [-0.2, 0) is 4.79 Å². The van der Waals surface area contributed by atoms with Crippen LogP contribution in [0.25, 0.3) is 0 Å². The summed E-state index contributed by atoms with van der Waals surface area (Å²) in [4.78, 5) is 12.3. The summed E-state index contributed by atoms with van der Waals surface area (Å²) in [7, 11) is 0. The molecule has 1 aliphatic carbocycles. The van der Waals surface area contributed by atoms with E-state index < -0.39 is 0 Å². The fourth-order valence-electron chi connectivity index (χ4n) is 2.92. The van der Waals surface area contributed by atoms with Gasteiger partial charge in [-0.2, -0.15) is 0 Å². The van der Waals surface area contributed by atoms with Crippen LogP contribution in [-0.4, -0.2) is 17.8 Å². The van der Waals surface area contributed by atoms with E-state index in [9.17, 15) is 4.79 Å². The number of amides is 1. The first-order chi connectivity index (χ1) is 8.29. The zero-order valence-corrected chi connectivity index (χ0v) is 13.1. The molecule has 1 saturated carbocycles. The molecule has 0 saturated heterocycles. The highest BCUT2D eigenvalue weighted by atomic mass is 35.5. The molecule has 0 spiro atoms. The van der Waals surface area contributed by atoms with Gasteiger partial charge in [0.05, 0.1) is 5.38 Å². The monoisotopic (exact) mass is 273 g/mol. The van der Waals surface area contributed by atoms with Crippen molar-refractivity contribution in [3.8, 4) is 0 Å². The maximum atomic E-state index is 12.3. The number of carbonyl (C=O) groups excluding carboxylic acids is 1. The Balaban J connectivity index is 2.41. The number of halogens is 1. The minimum Gasteiger partial charge on any atom is -0.354 e. The highest BCUT2D eigenvalue weighted by molar-refractivity contribution is 6.20. The summed E-state index contributed by atoms with van der Waals surface area (Å²) in [5, 5.41) is 3.10. The van der Waals surface area contributed by atoms with E-state index in [1.165, 1.54) is 12.8 Å². The highest BCUT2D eigenvalue weighted by Crippen LogP contribution is 2.41. The van der Waals surface area contributed by atoms with Crippen LogP contribution in [0.15, 0.2) is 0 Å². The summed E-state index contributed by atoms with van der Waals surface area (Å²) in [6, 6.07) is 0. The lowest BCUT2D eigenvalue weighted by Crippen LogP contribution is -2.41. The molecule has 0 aromatic rings. The van der Waals surface area contributed by atoms with Crippen LogP contribution in [0.3, 0.4) is 0 Å². The molecular formula is C15H28ClNO. The third-order valence-electron chi connectivity index (χ3n) is 4.04. The molecule has 1 aliphatic rings. The maximum absolute atomic E-state index is 12.3. The van der Waals surface area contributed by atoms with Gasteiger partial charge in [-0.1, -0.05) is 40.5 Å². The molecule has 1 N–H and O–H groups in total. The van der Waals surface area contributed by atoms with Gasteiger partial charge in [0.15, 0.2) is 0 Å². The molecular weight excluding hydrogens is 246 g/mol. The summed E-state index contributed by atoms with van der Waals surface area (Å²) in [6.07, 6.45) is 6.34. The van der Waals surface area contributed by atoms with Gasteiger partial charge in [-0.15, -0.1) is 11.6 Å². The van der Waals surface area contributed by atoms with Gasteiger partial charge < -0.3 is 5.32 Å². The Bertz CT molecular complexity index is 277. The predicted molar refractivity (Wildman–Crippen MR) is 77.9 cm³/mol.